The molecular weight excluding hydrogens is 290 g/mol. The van der Waals surface area contributed by atoms with Crippen molar-refractivity contribution < 1.29 is 9.59 Å². The quantitative estimate of drug-likeness (QED) is 0.700. The van der Waals surface area contributed by atoms with E-state index in [2.05, 4.69) is 10.6 Å². The highest BCUT2D eigenvalue weighted by Gasteiger charge is 2.27. The van der Waals surface area contributed by atoms with Crippen molar-refractivity contribution in [1.29, 1.82) is 0 Å². The highest BCUT2D eigenvalue weighted by molar-refractivity contribution is 5.87. The lowest BCUT2D eigenvalue weighted by Crippen LogP contribution is -2.51. The number of nitrogens with two attached hydrogens (primary N) is 1. The van der Waals surface area contributed by atoms with Gasteiger partial charge in [-0.2, -0.15) is 0 Å². The Morgan fingerprint density at radius 1 is 1.04 bits per heavy atom. The van der Waals surface area contributed by atoms with Crippen LogP contribution in [-0.2, 0) is 9.59 Å². The van der Waals surface area contributed by atoms with Gasteiger partial charge in [-0.25, -0.2) is 0 Å². The van der Waals surface area contributed by atoms with Crippen LogP contribution in [0.3, 0.4) is 0 Å². The van der Waals surface area contributed by atoms with Crippen LogP contribution in [0.2, 0.25) is 0 Å². The van der Waals surface area contributed by atoms with Crippen LogP contribution in [0, 0.1) is 11.8 Å². The number of amides is 2. The normalized spacial score (nSPS) is 27.2. The summed E-state index contributed by atoms with van der Waals surface area (Å²) < 4.78 is 0. The van der Waals surface area contributed by atoms with Crippen LogP contribution in [0.4, 0.5) is 0 Å². The highest BCUT2D eigenvalue weighted by Crippen LogP contribution is 2.26. The molecule has 4 N–H and O–H groups in total. The van der Waals surface area contributed by atoms with E-state index in [1.165, 1.54) is 25.7 Å². The molecule has 0 saturated heterocycles. The van der Waals surface area contributed by atoms with Crippen molar-refractivity contribution in [3.8, 4) is 0 Å². The van der Waals surface area contributed by atoms with Gasteiger partial charge in [0.2, 0.25) is 11.8 Å². The minimum atomic E-state index is -0.466. The van der Waals surface area contributed by atoms with Crippen LogP contribution < -0.4 is 16.4 Å². The topological polar surface area (TPSA) is 84.2 Å². The van der Waals surface area contributed by atoms with E-state index in [0.29, 0.717) is 24.8 Å². The molecule has 5 nitrogen and oxygen atoms in total. The van der Waals surface area contributed by atoms with Gasteiger partial charge in [-0.1, -0.05) is 32.1 Å². The molecule has 0 bridgehead atoms. The molecule has 5 heteroatoms. The SMILES string of the molecule is CC(NC(=O)CC1CCCCC1)C(=O)NC1CCCCC1CN. The second-order valence-electron chi connectivity index (χ2n) is 7.39. The van der Waals surface area contributed by atoms with Crippen molar-refractivity contribution in [2.24, 2.45) is 17.6 Å². The zero-order chi connectivity index (χ0) is 16.7. The summed E-state index contributed by atoms with van der Waals surface area (Å²) in [5.41, 5.74) is 5.81. The van der Waals surface area contributed by atoms with E-state index in [1.807, 2.05) is 0 Å². The Balaban J connectivity index is 1.74. The fourth-order valence-corrected chi connectivity index (χ4v) is 4.01. The molecule has 23 heavy (non-hydrogen) atoms. The molecular formula is C18H33N3O2. The summed E-state index contributed by atoms with van der Waals surface area (Å²) in [6, 6.07) is -0.301. The average Bonchev–Trinajstić information content (AvgIpc) is 2.56. The van der Waals surface area contributed by atoms with Gasteiger partial charge >= 0.3 is 0 Å². The first kappa shape index (κ1) is 18.2. The summed E-state index contributed by atoms with van der Waals surface area (Å²) in [4.78, 5) is 24.5. The third kappa shape index (κ3) is 5.79. The van der Waals surface area contributed by atoms with Crippen LogP contribution in [0.15, 0.2) is 0 Å². The zero-order valence-electron chi connectivity index (χ0n) is 14.5. The number of hydrogen-bond donors (Lipinski definition) is 3. The van der Waals surface area contributed by atoms with Crippen LogP contribution in [0.1, 0.15) is 71.1 Å². The Labute approximate surface area is 140 Å². The largest absolute Gasteiger partial charge is 0.351 e. The summed E-state index contributed by atoms with van der Waals surface area (Å²) in [6.07, 6.45) is 11.0. The standard InChI is InChI=1S/C18H33N3O2/c1-13(20-17(22)11-14-7-3-2-4-8-14)18(23)21-16-10-6-5-9-15(16)12-19/h13-16H,2-12,19H2,1H3,(H,20,22)(H,21,23). The van der Waals surface area contributed by atoms with E-state index in [0.717, 1.165) is 32.1 Å². The fraction of sp³-hybridized carbons (Fsp3) is 0.889. The van der Waals surface area contributed by atoms with Gasteiger partial charge in [0.1, 0.15) is 6.04 Å². The third-order valence-electron chi connectivity index (χ3n) is 5.51. The molecule has 0 aromatic rings. The highest BCUT2D eigenvalue weighted by atomic mass is 16.2. The van der Waals surface area contributed by atoms with Crippen LogP contribution in [-0.4, -0.2) is 30.4 Å². The Bertz CT molecular complexity index is 394. The number of nitrogens with one attached hydrogen (secondary N) is 2. The maximum Gasteiger partial charge on any atom is 0.242 e. The van der Waals surface area contributed by atoms with Crippen molar-refractivity contribution in [1.82, 2.24) is 10.6 Å². The number of carbonyl (C=O) groups excluding carboxylic acids is 2. The molecule has 0 spiro atoms. The minimum Gasteiger partial charge on any atom is -0.351 e. The van der Waals surface area contributed by atoms with Crippen molar-refractivity contribution >= 4 is 11.8 Å². The van der Waals surface area contributed by atoms with Gasteiger partial charge in [-0.3, -0.25) is 9.59 Å². The van der Waals surface area contributed by atoms with Gasteiger partial charge < -0.3 is 16.4 Å². The molecule has 0 aromatic carbocycles. The van der Waals surface area contributed by atoms with Crippen molar-refractivity contribution in [3.63, 3.8) is 0 Å². The lowest BCUT2D eigenvalue weighted by Gasteiger charge is -2.32. The molecule has 2 rings (SSSR count). The second-order valence-corrected chi connectivity index (χ2v) is 7.39. The lowest BCUT2D eigenvalue weighted by molar-refractivity contribution is -0.129. The smallest absolute Gasteiger partial charge is 0.242 e. The summed E-state index contributed by atoms with van der Waals surface area (Å²) >= 11 is 0. The second kappa shape index (κ2) is 9.26. The molecule has 0 aliphatic heterocycles. The van der Waals surface area contributed by atoms with Crippen molar-refractivity contribution in [3.05, 3.63) is 0 Å². The van der Waals surface area contributed by atoms with E-state index in [4.69, 9.17) is 5.73 Å². The zero-order valence-corrected chi connectivity index (χ0v) is 14.5. The molecule has 2 saturated carbocycles. The molecule has 2 fully saturated rings. The first-order valence-electron chi connectivity index (χ1n) is 9.40. The summed E-state index contributed by atoms with van der Waals surface area (Å²) in [5, 5.41) is 5.96. The van der Waals surface area contributed by atoms with E-state index in [-0.39, 0.29) is 17.9 Å². The first-order chi connectivity index (χ1) is 11.1. The number of rotatable bonds is 6. The fourth-order valence-electron chi connectivity index (χ4n) is 4.01. The van der Waals surface area contributed by atoms with Gasteiger partial charge in [0.25, 0.3) is 0 Å². The van der Waals surface area contributed by atoms with Crippen LogP contribution >= 0.6 is 0 Å². The molecule has 2 aliphatic carbocycles. The Hall–Kier alpha value is -1.10. The van der Waals surface area contributed by atoms with Gasteiger partial charge in [0, 0.05) is 12.5 Å². The molecule has 0 aromatic heterocycles. The lowest BCUT2D eigenvalue weighted by atomic mass is 9.84. The monoisotopic (exact) mass is 323 g/mol. The summed E-state index contributed by atoms with van der Waals surface area (Å²) in [6.45, 7) is 2.39. The van der Waals surface area contributed by atoms with Gasteiger partial charge in [-0.05, 0) is 51.0 Å². The summed E-state index contributed by atoms with van der Waals surface area (Å²) in [7, 11) is 0. The van der Waals surface area contributed by atoms with Crippen molar-refractivity contribution in [2.75, 3.05) is 6.54 Å². The number of carbonyl (C=O) groups is 2. The maximum absolute atomic E-state index is 12.3. The molecule has 0 heterocycles. The molecule has 132 valence electrons. The summed E-state index contributed by atoms with van der Waals surface area (Å²) in [5.74, 6) is 0.808. The van der Waals surface area contributed by atoms with E-state index < -0.39 is 6.04 Å². The van der Waals surface area contributed by atoms with E-state index >= 15 is 0 Å². The third-order valence-corrected chi connectivity index (χ3v) is 5.51. The predicted molar refractivity (Wildman–Crippen MR) is 91.7 cm³/mol. The Morgan fingerprint density at radius 2 is 1.70 bits per heavy atom. The Kier molecular flexibility index (Phi) is 7.34. The van der Waals surface area contributed by atoms with Gasteiger partial charge in [0.05, 0.1) is 0 Å². The van der Waals surface area contributed by atoms with E-state index in [1.54, 1.807) is 6.92 Å². The number of hydrogen-bond acceptors (Lipinski definition) is 3. The minimum absolute atomic E-state index is 0.0126. The molecule has 2 amide bonds. The van der Waals surface area contributed by atoms with E-state index in [9.17, 15) is 9.59 Å². The predicted octanol–water partition coefficient (Wildman–Crippen LogP) is 2.10. The van der Waals surface area contributed by atoms with Crippen LogP contribution in [0.25, 0.3) is 0 Å². The van der Waals surface area contributed by atoms with Crippen molar-refractivity contribution in [2.45, 2.75) is 83.2 Å². The average molecular weight is 323 g/mol. The first-order valence-corrected chi connectivity index (χ1v) is 9.40. The van der Waals surface area contributed by atoms with Crippen LogP contribution in [0.5, 0.6) is 0 Å². The van der Waals surface area contributed by atoms with Gasteiger partial charge in [0.15, 0.2) is 0 Å². The molecule has 2 aliphatic rings. The molecule has 3 unspecified atom stereocenters. The molecule has 0 radical (unpaired) electrons. The van der Waals surface area contributed by atoms with Gasteiger partial charge in [-0.15, -0.1) is 0 Å². The maximum atomic E-state index is 12.3. The molecule has 3 atom stereocenters. The Morgan fingerprint density at radius 3 is 2.39 bits per heavy atom.